The molecule has 6 heteroatoms. The van der Waals surface area contributed by atoms with E-state index in [4.69, 9.17) is 0 Å². The van der Waals surface area contributed by atoms with Crippen LogP contribution >= 0.6 is 11.8 Å². The molecule has 3 aromatic carbocycles. The maximum atomic E-state index is 13.0. The van der Waals surface area contributed by atoms with Gasteiger partial charge in [-0.1, -0.05) is 59.8 Å². The van der Waals surface area contributed by atoms with E-state index in [1.54, 1.807) is 18.0 Å². The molecule has 170 valence electrons. The van der Waals surface area contributed by atoms with Crippen LogP contribution in [0.2, 0.25) is 0 Å². The molecule has 0 fully saturated rings. The van der Waals surface area contributed by atoms with Crippen LogP contribution in [-0.2, 0) is 11.2 Å². The third kappa shape index (κ3) is 4.37. The number of nitrogens with zero attached hydrogens (tertiary/aromatic N) is 1. The van der Waals surface area contributed by atoms with Crippen LogP contribution in [0.4, 0.5) is 5.69 Å². The normalized spacial score (nSPS) is 14.5. The summed E-state index contributed by atoms with van der Waals surface area (Å²) in [5.41, 5.74) is 5.72. The van der Waals surface area contributed by atoms with Crippen LogP contribution < -0.4 is 10.2 Å². The predicted octanol–water partition coefficient (Wildman–Crippen LogP) is 5.56. The van der Waals surface area contributed by atoms with Gasteiger partial charge in [-0.2, -0.15) is 0 Å². The molecule has 2 N–H and O–H groups in total. The van der Waals surface area contributed by atoms with Crippen molar-refractivity contribution in [3.63, 3.8) is 0 Å². The third-order valence-electron chi connectivity index (χ3n) is 6.01. The lowest BCUT2D eigenvalue weighted by Crippen LogP contribution is -2.31. The third-order valence-corrected chi connectivity index (χ3v) is 7.09. The molecule has 4 aromatic rings. The Morgan fingerprint density at radius 2 is 1.94 bits per heavy atom. The number of fused-ring (bicyclic) bond motifs is 2. The number of para-hydroxylation sites is 1. The molecular weight excluding hydrogens is 442 g/mol. The van der Waals surface area contributed by atoms with Crippen molar-refractivity contribution in [3.05, 3.63) is 100 Å². The molecule has 2 heterocycles. The number of aromatic amines is 1. The van der Waals surface area contributed by atoms with Gasteiger partial charge in [0.1, 0.15) is 0 Å². The molecule has 5 rings (SSSR count). The minimum atomic E-state index is -0.144. The molecule has 34 heavy (non-hydrogen) atoms. The van der Waals surface area contributed by atoms with E-state index in [-0.39, 0.29) is 11.8 Å². The molecule has 0 atom stereocenters. The first kappa shape index (κ1) is 22.0. The number of carbonyl (C=O) groups excluding carboxylic acids is 2. The smallest absolute Gasteiger partial charge is 0.264 e. The summed E-state index contributed by atoms with van der Waals surface area (Å²) >= 11 is 1.44. The minimum Gasteiger partial charge on any atom is -0.361 e. The Kier molecular flexibility index (Phi) is 5.99. The quantitative estimate of drug-likeness (QED) is 0.378. The first-order valence-electron chi connectivity index (χ1n) is 11.2. The van der Waals surface area contributed by atoms with Crippen LogP contribution in [-0.4, -0.2) is 30.4 Å². The zero-order valence-electron chi connectivity index (χ0n) is 19.1. The molecule has 0 spiro atoms. The van der Waals surface area contributed by atoms with Crippen molar-refractivity contribution < 1.29 is 9.59 Å². The minimum absolute atomic E-state index is 0.0732. The Labute approximate surface area is 202 Å². The number of aromatic nitrogens is 1. The maximum Gasteiger partial charge on any atom is 0.264 e. The van der Waals surface area contributed by atoms with Gasteiger partial charge in [0.25, 0.3) is 11.8 Å². The summed E-state index contributed by atoms with van der Waals surface area (Å²) in [6, 6.07) is 21.7. The summed E-state index contributed by atoms with van der Waals surface area (Å²) in [7, 11) is 1.75. The monoisotopic (exact) mass is 467 g/mol. The molecule has 0 unspecified atom stereocenters. The van der Waals surface area contributed by atoms with Gasteiger partial charge in [-0.15, -0.1) is 0 Å². The average Bonchev–Trinajstić information content (AvgIpc) is 3.25. The van der Waals surface area contributed by atoms with E-state index in [0.717, 1.165) is 33.6 Å². The lowest BCUT2D eigenvalue weighted by Gasteiger charge is -2.27. The van der Waals surface area contributed by atoms with Crippen LogP contribution in [0.5, 0.6) is 0 Å². The van der Waals surface area contributed by atoms with Gasteiger partial charge in [0.2, 0.25) is 0 Å². The topological polar surface area (TPSA) is 65.2 Å². The summed E-state index contributed by atoms with van der Waals surface area (Å²) < 4.78 is 0. The maximum absolute atomic E-state index is 13.0. The van der Waals surface area contributed by atoms with Crippen LogP contribution in [0.25, 0.3) is 17.0 Å². The van der Waals surface area contributed by atoms with Gasteiger partial charge in [-0.3, -0.25) is 9.59 Å². The number of carbonyl (C=O) groups is 2. The summed E-state index contributed by atoms with van der Waals surface area (Å²) in [6.07, 6.45) is 4.65. The van der Waals surface area contributed by atoms with Crippen molar-refractivity contribution in [2.24, 2.45) is 0 Å². The highest BCUT2D eigenvalue weighted by molar-refractivity contribution is 8.04. The van der Waals surface area contributed by atoms with Gasteiger partial charge in [-0.05, 0) is 54.8 Å². The molecule has 0 aliphatic carbocycles. The zero-order valence-corrected chi connectivity index (χ0v) is 19.9. The van der Waals surface area contributed by atoms with Crippen LogP contribution in [0, 0.1) is 6.92 Å². The van der Waals surface area contributed by atoms with Crippen molar-refractivity contribution in [1.82, 2.24) is 10.3 Å². The highest BCUT2D eigenvalue weighted by Crippen LogP contribution is 2.42. The van der Waals surface area contributed by atoms with E-state index in [1.165, 1.54) is 22.7 Å². The highest BCUT2D eigenvalue weighted by Gasteiger charge is 2.27. The number of rotatable bonds is 5. The molecular formula is C28H25N3O2S. The van der Waals surface area contributed by atoms with Gasteiger partial charge in [-0.25, -0.2) is 0 Å². The first-order valence-corrected chi connectivity index (χ1v) is 12.0. The van der Waals surface area contributed by atoms with E-state index in [2.05, 4.69) is 22.4 Å². The Morgan fingerprint density at radius 3 is 2.79 bits per heavy atom. The standard InChI is InChI=1S/C28H25N3O2S/c1-18-6-5-7-19(14-18)15-26-28(33)31(2)24-16-20(10-11-25(24)34-26)27(32)29-13-12-21-17-30-23-9-4-3-8-22(21)23/h3-11,14-17,30H,12-13H2,1-2H3,(H,29,32)/b26-15-. The van der Waals surface area contributed by atoms with Crippen molar-refractivity contribution in [2.45, 2.75) is 18.2 Å². The molecule has 0 radical (unpaired) electrons. The summed E-state index contributed by atoms with van der Waals surface area (Å²) in [5.74, 6) is -0.217. The van der Waals surface area contributed by atoms with E-state index in [1.807, 2.05) is 67.7 Å². The predicted molar refractivity (Wildman–Crippen MR) is 139 cm³/mol. The molecule has 1 aliphatic heterocycles. The number of amides is 2. The van der Waals surface area contributed by atoms with Crippen LogP contribution in [0.1, 0.15) is 27.0 Å². The number of benzene rings is 3. The summed E-state index contributed by atoms with van der Waals surface area (Å²) in [6.45, 7) is 2.57. The average molecular weight is 468 g/mol. The van der Waals surface area contributed by atoms with Gasteiger partial charge in [0.05, 0.1) is 10.6 Å². The number of likely N-dealkylation sites (N-methyl/N-ethyl adjacent to an activating group) is 1. The van der Waals surface area contributed by atoms with E-state index < -0.39 is 0 Å². The second-order valence-corrected chi connectivity index (χ2v) is 9.52. The number of hydrogen-bond donors (Lipinski definition) is 2. The highest BCUT2D eigenvalue weighted by atomic mass is 32.2. The zero-order chi connectivity index (χ0) is 23.7. The van der Waals surface area contributed by atoms with Crippen LogP contribution in [0.3, 0.4) is 0 Å². The number of thioether (sulfide) groups is 1. The van der Waals surface area contributed by atoms with Crippen molar-refractivity contribution in [2.75, 3.05) is 18.5 Å². The number of anilines is 1. The molecule has 0 bridgehead atoms. The Hall–Kier alpha value is -3.77. The summed E-state index contributed by atoms with van der Waals surface area (Å²) in [5, 5.41) is 4.19. The lowest BCUT2D eigenvalue weighted by atomic mass is 10.1. The fourth-order valence-electron chi connectivity index (χ4n) is 4.20. The second kappa shape index (κ2) is 9.23. The first-order chi connectivity index (χ1) is 16.5. The van der Waals surface area contributed by atoms with Gasteiger partial charge < -0.3 is 15.2 Å². The molecule has 0 saturated carbocycles. The molecule has 2 amide bonds. The molecule has 0 saturated heterocycles. The molecule has 1 aliphatic rings. The number of aryl methyl sites for hydroxylation is 1. The van der Waals surface area contributed by atoms with Crippen molar-refractivity contribution in [1.29, 1.82) is 0 Å². The van der Waals surface area contributed by atoms with Gasteiger partial charge in [0, 0.05) is 41.2 Å². The van der Waals surface area contributed by atoms with E-state index in [0.29, 0.717) is 17.0 Å². The van der Waals surface area contributed by atoms with Gasteiger partial charge in [0.15, 0.2) is 0 Å². The fraction of sp³-hybridized carbons (Fsp3) is 0.143. The Morgan fingerprint density at radius 1 is 1.09 bits per heavy atom. The second-order valence-electron chi connectivity index (χ2n) is 8.44. The number of hydrogen-bond acceptors (Lipinski definition) is 3. The van der Waals surface area contributed by atoms with E-state index >= 15 is 0 Å². The SMILES string of the molecule is Cc1cccc(/C=C2\Sc3ccc(C(=O)NCCc4c[nH]c5ccccc45)cc3N(C)C2=O)c1. The molecule has 5 nitrogen and oxygen atoms in total. The fourth-order valence-corrected chi connectivity index (χ4v) is 5.29. The van der Waals surface area contributed by atoms with Crippen molar-refractivity contribution >= 4 is 46.2 Å². The van der Waals surface area contributed by atoms with E-state index in [9.17, 15) is 9.59 Å². The van der Waals surface area contributed by atoms with Crippen molar-refractivity contribution in [3.8, 4) is 0 Å². The number of nitrogens with one attached hydrogen (secondary N) is 2. The summed E-state index contributed by atoms with van der Waals surface area (Å²) in [4.78, 5) is 32.3. The lowest BCUT2D eigenvalue weighted by molar-refractivity contribution is -0.114. The Bertz CT molecular complexity index is 1440. The Balaban J connectivity index is 1.29. The molecule has 1 aromatic heterocycles. The van der Waals surface area contributed by atoms with Crippen LogP contribution in [0.15, 0.2) is 82.7 Å². The largest absolute Gasteiger partial charge is 0.361 e. The van der Waals surface area contributed by atoms with Gasteiger partial charge >= 0.3 is 0 Å². The number of H-pyrrole nitrogens is 1.